The summed E-state index contributed by atoms with van der Waals surface area (Å²) in [6.07, 6.45) is 1.74. The molecule has 0 aromatic heterocycles. The maximum atomic E-state index is 12.4. The summed E-state index contributed by atoms with van der Waals surface area (Å²) in [6.45, 7) is 7.08. The topological polar surface area (TPSA) is 56.8 Å². The summed E-state index contributed by atoms with van der Waals surface area (Å²) >= 11 is 0. The smallest absolute Gasteiger partial charge is 0.265 e. The van der Waals surface area contributed by atoms with Gasteiger partial charge in [-0.1, -0.05) is 18.2 Å². The first kappa shape index (κ1) is 19.2. The highest BCUT2D eigenvalue weighted by Crippen LogP contribution is 2.24. The molecule has 0 unspecified atom stereocenters. The van der Waals surface area contributed by atoms with Gasteiger partial charge in [-0.2, -0.15) is 0 Å². The van der Waals surface area contributed by atoms with Gasteiger partial charge in [0, 0.05) is 12.3 Å². The van der Waals surface area contributed by atoms with Crippen LogP contribution in [0.3, 0.4) is 0 Å². The molecule has 1 amide bonds. The highest BCUT2D eigenvalue weighted by Gasteiger charge is 2.18. The Morgan fingerprint density at radius 1 is 1.19 bits per heavy atom. The van der Waals surface area contributed by atoms with Gasteiger partial charge in [-0.15, -0.1) is 0 Å². The van der Waals surface area contributed by atoms with Gasteiger partial charge < -0.3 is 19.5 Å². The zero-order valence-electron chi connectivity index (χ0n) is 16.2. The number of hydrogen-bond acceptors (Lipinski definition) is 4. The molecule has 1 aliphatic heterocycles. The summed E-state index contributed by atoms with van der Waals surface area (Å²) in [5.41, 5.74) is 2.74. The van der Waals surface area contributed by atoms with Crippen LogP contribution in [-0.4, -0.2) is 31.3 Å². The van der Waals surface area contributed by atoms with E-state index in [1.54, 1.807) is 6.92 Å². The number of amides is 1. The summed E-state index contributed by atoms with van der Waals surface area (Å²) in [7, 11) is 0. The average Bonchev–Trinajstić information content (AvgIpc) is 3.17. The Morgan fingerprint density at radius 2 is 1.89 bits per heavy atom. The molecule has 2 aromatic carbocycles. The first-order valence-corrected chi connectivity index (χ1v) is 9.41. The lowest BCUT2D eigenvalue weighted by atomic mass is 10.1. The third-order valence-electron chi connectivity index (χ3n) is 4.65. The molecule has 2 aromatic rings. The molecule has 0 spiro atoms. The monoisotopic (exact) mass is 369 g/mol. The Balaban J connectivity index is 1.52. The van der Waals surface area contributed by atoms with Gasteiger partial charge in [0.1, 0.15) is 18.1 Å². The van der Waals surface area contributed by atoms with Crippen molar-refractivity contribution in [2.75, 3.05) is 18.5 Å². The molecule has 0 radical (unpaired) electrons. The zero-order chi connectivity index (χ0) is 19.2. The van der Waals surface area contributed by atoms with E-state index in [1.165, 1.54) is 0 Å². The molecule has 27 heavy (non-hydrogen) atoms. The summed E-state index contributed by atoms with van der Waals surface area (Å²) in [4.78, 5) is 12.4. The molecule has 5 heteroatoms. The Labute approximate surface area is 160 Å². The van der Waals surface area contributed by atoms with Crippen LogP contribution in [0.5, 0.6) is 11.5 Å². The van der Waals surface area contributed by atoms with Crippen molar-refractivity contribution in [3.05, 3.63) is 53.6 Å². The van der Waals surface area contributed by atoms with E-state index >= 15 is 0 Å². The van der Waals surface area contributed by atoms with Gasteiger partial charge in [-0.05, 0) is 69.0 Å². The van der Waals surface area contributed by atoms with E-state index in [4.69, 9.17) is 14.2 Å². The second kappa shape index (κ2) is 8.91. The van der Waals surface area contributed by atoms with Crippen molar-refractivity contribution < 1.29 is 19.0 Å². The van der Waals surface area contributed by atoms with E-state index in [0.29, 0.717) is 12.3 Å². The number of nitrogens with one attached hydrogen (secondary N) is 1. The molecule has 5 nitrogen and oxygen atoms in total. The SMILES string of the molecule is Cc1cccc(C)c1O[C@H](C)C(=O)Nc1ccc(OC[C@@H]2CCCO2)cc1. The third-order valence-corrected chi connectivity index (χ3v) is 4.65. The van der Waals surface area contributed by atoms with Gasteiger partial charge >= 0.3 is 0 Å². The molecule has 1 fully saturated rings. The van der Waals surface area contributed by atoms with Gasteiger partial charge in [0.15, 0.2) is 6.10 Å². The van der Waals surface area contributed by atoms with Crippen molar-refractivity contribution in [1.29, 1.82) is 0 Å². The highest BCUT2D eigenvalue weighted by molar-refractivity contribution is 5.94. The van der Waals surface area contributed by atoms with Crippen LogP contribution in [0.25, 0.3) is 0 Å². The molecule has 2 atom stereocenters. The van der Waals surface area contributed by atoms with Crippen molar-refractivity contribution in [3.8, 4) is 11.5 Å². The fraction of sp³-hybridized carbons (Fsp3) is 0.409. The van der Waals surface area contributed by atoms with Crippen LogP contribution in [0.2, 0.25) is 0 Å². The third kappa shape index (κ3) is 5.23. The van der Waals surface area contributed by atoms with Gasteiger partial charge in [-0.25, -0.2) is 0 Å². The largest absolute Gasteiger partial charge is 0.491 e. The molecular formula is C22H27NO4. The number of benzene rings is 2. The number of carbonyl (C=O) groups excluding carboxylic acids is 1. The quantitative estimate of drug-likeness (QED) is 0.792. The number of aryl methyl sites for hydroxylation is 2. The zero-order valence-corrected chi connectivity index (χ0v) is 16.2. The maximum absolute atomic E-state index is 12.4. The van der Waals surface area contributed by atoms with Crippen LogP contribution in [0.1, 0.15) is 30.9 Å². The van der Waals surface area contributed by atoms with Crippen LogP contribution >= 0.6 is 0 Å². The minimum absolute atomic E-state index is 0.187. The Morgan fingerprint density at radius 3 is 2.52 bits per heavy atom. The van der Waals surface area contributed by atoms with Crippen LogP contribution < -0.4 is 14.8 Å². The van der Waals surface area contributed by atoms with Gasteiger partial charge in [0.2, 0.25) is 0 Å². The van der Waals surface area contributed by atoms with Crippen molar-refractivity contribution in [2.24, 2.45) is 0 Å². The number of carbonyl (C=O) groups is 1. The van der Waals surface area contributed by atoms with E-state index < -0.39 is 6.10 Å². The molecule has 1 saturated heterocycles. The molecule has 0 saturated carbocycles. The number of anilines is 1. The van der Waals surface area contributed by atoms with Crippen LogP contribution in [0.4, 0.5) is 5.69 Å². The standard InChI is InChI=1S/C22H27NO4/c1-15-6-4-7-16(2)21(15)27-17(3)22(24)23-18-9-11-19(12-10-18)26-14-20-8-5-13-25-20/h4,6-7,9-12,17,20H,5,8,13-14H2,1-3H3,(H,23,24)/t17-,20+/m1/s1. The molecule has 1 heterocycles. The predicted molar refractivity (Wildman–Crippen MR) is 106 cm³/mol. The lowest BCUT2D eigenvalue weighted by Crippen LogP contribution is -2.30. The molecule has 0 aliphatic carbocycles. The lowest BCUT2D eigenvalue weighted by Gasteiger charge is -2.18. The second-order valence-corrected chi connectivity index (χ2v) is 6.94. The normalized spacial score (nSPS) is 17.4. The van der Waals surface area contributed by atoms with Crippen LogP contribution in [-0.2, 0) is 9.53 Å². The predicted octanol–water partition coefficient (Wildman–Crippen LogP) is 4.27. The molecule has 0 bridgehead atoms. The first-order valence-electron chi connectivity index (χ1n) is 9.41. The lowest BCUT2D eigenvalue weighted by molar-refractivity contribution is -0.122. The summed E-state index contributed by atoms with van der Waals surface area (Å²) in [6, 6.07) is 13.3. The number of ether oxygens (including phenoxy) is 3. The van der Waals surface area contributed by atoms with E-state index in [9.17, 15) is 4.79 Å². The van der Waals surface area contributed by atoms with Gasteiger partial charge in [0.25, 0.3) is 5.91 Å². The van der Waals surface area contributed by atoms with Crippen molar-refractivity contribution >= 4 is 11.6 Å². The summed E-state index contributed by atoms with van der Waals surface area (Å²) in [5, 5.41) is 2.88. The highest BCUT2D eigenvalue weighted by atomic mass is 16.5. The number of para-hydroxylation sites is 1. The second-order valence-electron chi connectivity index (χ2n) is 6.94. The molecule has 3 rings (SSSR count). The summed E-state index contributed by atoms with van der Waals surface area (Å²) < 4.78 is 17.2. The Bertz CT molecular complexity index is 746. The minimum Gasteiger partial charge on any atom is -0.491 e. The molecule has 1 aliphatic rings. The van der Waals surface area contributed by atoms with Crippen molar-refractivity contribution in [2.45, 2.75) is 45.8 Å². The number of rotatable bonds is 7. The van der Waals surface area contributed by atoms with E-state index in [1.807, 2.05) is 56.3 Å². The van der Waals surface area contributed by atoms with Gasteiger partial charge in [-0.3, -0.25) is 4.79 Å². The van der Waals surface area contributed by atoms with E-state index in [-0.39, 0.29) is 12.0 Å². The van der Waals surface area contributed by atoms with Crippen molar-refractivity contribution in [1.82, 2.24) is 0 Å². The Kier molecular flexibility index (Phi) is 6.35. The van der Waals surface area contributed by atoms with Crippen LogP contribution in [0.15, 0.2) is 42.5 Å². The van der Waals surface area contributed by atoms with Gasteiger partial charge in [0.05, 0.1) is 6.10 Å². The minimum atomic E-state index is -0.597. The fourth-order valence-electron chi connectivity index (χ4n) is 3.06. The first-order chi connectivity index (χ1) is 13.0. The molecule has 1 N–H and O–H groups in total. The van der Waals surface area contributed by atoms with Crippen LogP contribution in [0, 0.1) is 13.8 Å². The van der Waals surface area contributed by atoms with E-state index in [2.05, 4.69) is 5.32 Å². The maximum Gasteiger partial charge on any atom is 0.265 e. The summed E-state index contributed by atoms with van der Waals surface area (Å²) in [5.74, 6) is 1.34. The van der Waals surface area contributed by atoms with E-state index in [0.717, 1.165) is 42.1 Å². The average molecular weight is 369 g/mol. The number of hydrogen-bond donors (Lipinski definition) is 1. The molecule has 144 valence electrons. The molecular weight excluding hydrogens is 342 g/mol. The van der Waals surface area contributed by atoms with Crippen molar-refractivity contribution in [3.63, 3.8) is 0 Å². The fourth-order valence-corrected chi connectivity index (χ4v) is 3.06. The Hall–Kier alpha value is -2.53.